The highest BCUT2D eigenvalue weighted by atomic mass is 16.6. The molecule has 2 aromatic rings. The van der Waals surface area contributed by atoms with Gasteiger partial charge >= 0.3 is 5.97 Å². The lowest BCUT2D eigenvalue weighted by Gasteiger charge is -2.54. The van der Waals surface area contributed by atoms with E-state index in [4.69, 9.17) is 9.47 Å². The smallest absolute Gasteiger partial charge is 0.318 e. The monoisotopic (exact) mass is 334 g/mol. The van der Waals surface area contributed by atoms with Gasteiger partial charge in [0.05, 0.1) is 6.61 Å². The first-order chi connectivity index (χ1) is 12.3. The van der Waals surface area contributed by atoms with Crippen LogP contribution >= 0.6 is 0 Å². The molecular formula is C22H22O3. The highest BCUT2D eigenvalue weighted by molar-refractivity contribution is 5.91. The minimum absolute atomic E-state index is 0.0812. The average molecular weight is 334 g/mol. The molecule has 25 heavy (non-hydrogen) atoms. The van der Waals surface area contributed by atoms with Crippen molar-refractivity contribution in [3.8, 4) is 0 Å². The molecule has 2 aliphatic carbocycles. The quantitative estimate of drug-likeness (QED) is 0.472. The van der Waals surface area contributed by atoms with Crippen LogP contribution in [0.1, 0.15) is 34.9 Å². The first-order valence-corrected chi connectivity index (χ1v) is 8.77. The van der Waals surface area contributed by atoms with Crippen LogP contribution in [0.3, 0.4) is 0 Å². The highest BCUT2D eigenvalue weighted by Crippen LogP contribution is 2.62. The highest BCUT2D eigenvalue weighted by Gasteiger charge is 2.62. The molecule has 3 atom stereocenters. The van der Waals surface area contributed by atoms with E-state index in [1.54, 1.807) is 7.11 Å². The molecule has 2 aromatic carbocycles. The maximum absolute atomic E-state index is 13.3. The minimum atomic E-state index is -0.625. The standard InChI is InChI=1S/C22H22O3/c1-24-14-15-25-21(23)22-18(16-8-3-2-4-9-16)12-7-13-20(22)17-10-5-6-11-19(17)22/h2-11,13,18,20H,12,14-15H2,1H3/t18-,20?,22+/m1/s1. The van der Waals surface area contributed by atoms with Gasteiger partial charge in [-0.3, -0.25) is 4.79 Å². The van der Waals surface area contributed by atoms with Crippen LogP contribution in [0.15, 0.2) is 66.7 Å². The van der Waals surface area contributed by atoms with E-state index in [2.05, 4.69) is 36.4 Å². The topological polar surface area (TPSA) is 35.5 Å². The number of methoxy groups -OCH3 is 1. The summed E-state index contributed by atoms with van der Waals surface area (Å²) in [6.07, 6.45) is 5.23. The van der Waals surface area contributed by atoms with Crippen molar-refractivity contribution < 1.29 is 14.3 Å². The minimum Gasteiger partial charge on any atom is -0.463 e. The summed E-state index contributed by atoms with van der Waals surface area (Å²) in [4.78, 5) is 13.3. The Kier molecular flexibility index (Phi) is 4.18. The third-order valence-electron chi connectivity index (χ3n) is 5.54. The lowest BCUT2D eigenvalue weighted by Crippen LogP contribution is -2.55. The van der Waals surface area contributed by atoms with Crippen LogP contribution in [0.2, 0.25) is 0 Å². The summed E-state index contributed by atoms with van der Waals surface area (Å²) >= 11 is 0. The first-order valence-electron chi connectivity index (χ1n) is 8.77. The molecule has 0 bridgehead atoms. The molecule has 0 saturated heterocycles. The van der Waals surface area contributed by atoms with Gasteiger partial charge in [0.25, 0.3) is 0 Å². The van der Waals surface area contributed by atoms with E-state index in [0.29, 0.717) is 6.61 Å². The number of hydrogen-bond acceptors (Lipinski definition) is 3. The zero-order valence-electron chi connectivity index (χ0n) is 14.4. The second-order valence-electron chi connectivity index (χ2n) is 6.69. The summed E-state index contributed by atoms with van der Waals surface area (Å²) in [7, 11) is 1.61. The SMILES string of the molecule is COCCOC(=O)[C@@]12c3ccccc3C1C=CC[C@@H]2c1ccccc1. The van der Waals surface area contributed by atoms with E-state index in [0.717, 1.165) is 12.0 Å². The third kappa shape index (κ3) is 2.34. The molecule has 128 valence electrons. The Labute approximate surface area is 148 Å². The molecule has 0 saturated carbocycles. The summed E-state index contributed by atoms with van der Waals surface area (Å²) in [5, 5.41) is 0. The number of allylic oxidation sites excluding steroid dienone is 2. The van der Waals surface area contributed by atoms with Crippen LogP contribution in [0.5, 0.6) is 0 Å². The lowest BCUT2D eigenvalue weighted by atomic mass is 9.47. The second-order valence-corrected chi connectivity index (χ2v) is 6.69. The van der Waals surface area contributed by atoms with Crippen molar-refractivity contribution in [1.82, 2.24) is 0 Å². The molecule has 1 unspecified atom stereocenters. The fourth-order valence-electron chi connectivity index (χ4n) is 4.48. The van der Waals surface area contributed by atoms with Gasteiger partial charge in [-0.1, -0.05) is 66.7 Å². The Morgan fingerprint density at radius 1 is 1.08 bits per heavy atom. The van der Waals surface area contributed by atoms with Gasteiger partial charge in [-0.15, -0.1) is 0 Å². The molecule has 0 aromatic heterocycles. The van der Waals surface area contributed by atoms with Crippen molar-refractivity contribution >= 4 is 5.97 Å². The second kappa shape index (κ2) is 6.49. The van der Waals surface area contributed by atoms with Crippen molar-refractivity contribution in [2.45, 2.75) is 23.7 Å². The molecule has 0 amide bonds. The maximum atomic E-state index is 13.3. The van der Waals surface area contributed by atoms with Crippen LogP contribution in [-0.2, 0) is 19.7 Å². The fourth-order valence-corrected chi connectivity index (χ4v) is 4.48. The summed E-state index contributed by atoms with van der Waals surface area (Å²) in [6.45, 7) is 0.706. The van der Waals surface area contributed by atoms with Crippen LogP contribution in [0.4, 0.5) is 0 Å². The van der Waals surface area contributed by atoms with Gasteiger partial charge in [-0.25, -0.2) is 0 Å². The first kappa shape index (κ1) is 16.1. The molecule has 4 rings (SSSR count). The number of benzene rings is 2. The largest absolute Gasteiger partial charge is 0.463 e. The number of carbonyl (C=O) groups excluding carboxylic acids is 1. The Morgan fingerprint density at radius 2 is 1.84 bits per heavy atom. The molecule has 0 aliphatic heterocycles. The van der Waals surface area contributed by atoms with E-state index in [9.17, 15) is 4.79 Å². The van der Waals surface area contributed by atoms with Gasteiger partial charge < -0.3 is 9.47 Å². The van der Waals surface area contributed by atoms with Gasteiger partial charge in [0.2, 0.25) is 0 Å². The Bertz CT molecular complexity index is 796. The van der Waals surface area contributed by atoms with Crippen LogP contribution < -0.4 is 0 Å². The average Bonchev–Trinajstić information content (AvgIpc) is 2.66. The van der Waals surface area contributed by atoms with Gasteiger partial charge in [0.15, 0.2) is 0 Å². The molecule has 3 nitrogen and oxygen atoms in total. The summed E-state index contributed by atoms with van der Waals surface area (Å²) in [5.41, 5.74) is 2.92. The molecule has 3 heteroatoms. The molecule has 0 N–H and O–H groups in total. The molecule has 0 heterocycles. The molecule has 0 fully saturated rings. The summed E-state index contributed by atoms with van der Waals surface area (Å²) in [5.74, 6) is 0.0396. The van der Waals surface area contributed by atoms with Crippen LogP contribution in [0, 0.1) is 0 Å². The van der Waals surface area contributed by atoms with Crippen molar-refractivity contribution in [3.05, 3.63) is 83.4 Å². The molecule has 0 spiro atoms. The van der Waals surface area contributed by atoms with Gasteiger partial charge in [-0.05, 0) is 23.1 Å². The van der Waals surface area contributed by atoms with E-state index >= 15 is 0 Å². The maximum Gasteiger partial charge on any atom is 0.318 e. The number of ether oxygens (including phenoxy) is 2. The number of rotatable bonds is 5. The van der Waals surface area contributed by atoms with Crippen molar-refractivity contribution in [2.24, 2.45) is 0 Å². The zero-order chi connectivity index (χ0) is 17.3. The normalized spacial score (nSPS) is 26.3. The van der Waals surface area contributed by atoms with Crippen molar-refractivity contribution in [1.29, 1.82) is 0 Å². The Hall–Kier alpha value is -2.39. The molecule has 0 radical (unpaired) electrons. The Morgan fingerprint density at radius 3 is 2.64 bits per heavy atom. The summed E-state index contributed by atoms with van der Waals surface area (Å²) in [6, 6.07) is 18.6. The van der Waals surface area contributed by atoms with Gasteiger partial charge in [0.1, 0.15) is 12.0 Å². The van der Waals surface area contributed by atoms with Gasteiger partial charge in [0, 0.05) is 18.9 Å². The van der Waals surface area contributed by atoms with Gasteiger partial charge in [-0.2, -0.15) is 0 Å². The zero-order valence-corrected chi connectivity index (χ0v) is 14.4. The molecule has 2 aliphatic rings. The lowest BCUT2D eigenvalue weighted by molar-refractivity contribution is -0.155. The summed E-state index contributed by atoms with van der Waals surface area (Å²) < 4.78 is 10.7. The number of hydrogen-bond donors (Lipinski definition) is 0. The van der Waals surface area contributed by atoms with E-state index < -0.39 is 5.41 Å². The third-order valence-corrected chi connectivity index (χ3v) is 5.54. The predicted molar refractivity (Wildman–Crippen MR) is 96.6 cm³/mol. The predicted octanol–water partition coefficient (Wildman–Crippen LogP) is 3.95. The van der Waals surface area contributed by atoms with Crippen molar-refractivity contribution in [2.75, 3.05) is 20.3 Å². The fraction of sp³-hybridized carbons (Fsp3) is 0.318. The van der Waals surface area contributed by atoms with E-state index in [1.807, 2.05) is 30.3 Å². The van der Waals surface area contributed by atoms with Crippen LogP contribution in [-0.4, -0.2) is 26.3 Å². The van der Waals surface area contributed by atoms with Crippen molar-refractivity contribution in [3.63, 3.8) is 0 Å². The van der Waals surface area contributed by atoms with E-state index in [1.165, 1.54) is 11.1 Å². The molecular weight excluding hydrogens is 312 g/mol. The number of fused-ring (bicyclic) bond motifs is 4. The number of esters is 1. The van der Waals surface area contributed by atoms with Crippen LogP contribution in [0.25, 0.3) is 0 Å². The Balaban J connectivity index is 1.80. The van der Waals surface area contributed by atoms with E-state index in [-0.39, 0.29) is 24.4 Å². The number of carbonyl (C=O) groups is 1.